The Morgan fingerprint density at radius 2 is 2.10 bits per heavy atom. The molecule has 0 spiro atoms. The fraction of sp³-hybridized carbons (Fsp3) is 0.400. The molecule has 0 aliphatic carbocycles. The first-order valence-corrected chi connectivity index (χ1v) is 8.72. The maximum atomic E-state index is 11.8. The van der Waals surface area contributed by atoms with Crippen LogP contribution in [0.15, 0.2) is 36.5 Å². The minimum Gasteiger partial charge on any atom is -0.388 e. The van der Waals surface area contributed by atoms with E-state index in [1.165, 1.54) is 0 Å². The van der Waals surface area contributed by atoms with Gasteiger partial charge in [-0.1, -0.05) is 18.2 Å². The molecular formula is C15H18N2O3S. The molecule has 1 aliphatic rings. The molecule has 1 fully saturated rings. The molecule has 3 rings (SSSR count). The van der Waals surface area contributed by atoms with Crippen molar-refractivity contribution in [2.75, 3.05) is 18.1 Å². The zero-order valence-electron chi connectivity index (χ0n) is 11.6. The Balaban J connectivity index is 2.10. The Morgan fingerprint density at radius 1 is 1.33 bits per heavy atom. The maximum Gasteiger partial charge on any atom is 0.151 e. The highest BCUT2D eigenvalue weighted by Gasteiger charge is 2.47. The number of nitrogens with two attached hydrogens (primary N) is 1. The monoisotopic (exact) mass is 306 g/mol. The zero-order chi connectivity index (χ0) is 15.1. The summed E-state index contributed by atoms with van der Waals surface area (Å²) in [4.78, 5) is 4.27. The van der Waals surface area contributed by atoms with Crippen LogP contribution in [0.2, 0.25) is 0 Å². The van der Waals surface area contributed by atoms with Gasteiger partial charge in [-0.3, -0.25) is 4.98 Å². The molecule has 0 radical (unpaired) electrons. The van der Waals surface area contributed by atoms with Crippen molar-refractivity contribution in [1.82, 2.24) is 4.98 Å². The molecule has 1 saturated heterocycles. The molecule has 5 nitrogen and oxygen atoms in total. The molecule has 1 aromatic carbocycles. The van der Waals surface area contributed by atoms with E-state index in [1.807, 2.05) is 24.3 Å². The second-order valence-electron chi connectivity index (χ2n) is 5.73. The van der Waals surface area contributed by atoms with Gasteiger partial charge >= 0.3 is 0 Å². The number of aliphatic hydroxyl groups excluding tert-OH is 1. The van der Waals surface area contributed by atoms with Gasteiger partial charge in [0.2, 0.25) is 0 Å². The van der Waals surface area contributed by atoms with Crippen molar-refractivity contribution in [2.24, 2.45) is 11.1 Å². The second kappa shape index (κ2) is 5.05. The summed E-state index contributed by atoms with van der Waals surface area (Å²) < 4.78 is 23.7. The van der Waals surface area contributed by atoms with Crippen LogP contribution in [-0.2, 0) is 9.84 Å². The van der Waals surface area contributed by atoms with Crippen molar-refractivity contribution in [3.8, 4) is 0 Å². The molecule has 2 heterocycles. The minimum absolute atomic E-state index is 0.0612. The Hall–Kier alpha value is -1.50. The molecule has 0 bridgehead atoms. The van der Waals surface area contributed by atoms with Crippen LogP contribution in [0.25, 0.3) is 10.9 Å². The number of benzene rings is 1. The molecular weight excluding hydrogens is 288 g/mol. The van der Waals surface area contributed by atoms with E-state index in [1.54, 1.807) is 12.3 Å². The Morgan fingerprint density at radius 3 is 2.76 bits per heavy atom. The van der Waals surface area contributed by atoms with Gasteiger partial charge < -0.3 is 10.8 Å². The molecule has 3 N–H and O–H groups in total. The van der Waals surface area contributed by atoms with Crippen LogP contribution in [0.4, 0.5) is 0 Å². The zero-order valence-corrected chi connectivity index (χ0v) is 12.4. The highest BCUT2D eigenvalue weighted by Crippen LogP contribution is 2.43. The lowest BCUT2D eigenvalue weighted by molar-refractivity contribution is 0.0483. The van der Waals surface area contributed by atoms with Crippen molar-refractivity contribution in [3.05, 3.63) is 42.1 Å². The van der Waals surface area contributed by atoms with Crippen molar-refractivity contribution >= 4 is 20.7 Å². The smallest absolute Gasteiger partial charge is 0.151 e. The van der Waals surface area contributed by atoms with Crippen LogP contribution >= 0.6 is 0 Å². The number of pyridine rings is 1. The van der Waals surface area contributed by atoms with E-state index in [2.05, 4.69) is 4.98 Å². The summed E-state index contributed by atoms with van der Waals surface area (Å²) in [5.41, 5.74) is 6.51. The number of nitrogens with zero attached hydrogens (tertiary/aromatic N) is 1. The molecule has 21 heavy (non-hydrogen) atoms. The lowest BCUT2D eigenvalue weighted by atomic mass is 9.78. The summed E-state index contributed by atoms with van der Waals surface area (Å²) >= 11 is 0. The number of fused-ring (bicyclic) bond motifs is 1. The van der Waals surface area contributed by atoms with Crippen molar-refractivity contribution < 1.29 is 13.5 Å². The van der Waals surface area contributed by atoms with E-state index < -0.39 is 21.4 Å². The fourth-order valence-electron chi connectivity index (χ4n) is 3.12. The van der Waals surface area contributed by atoms with Gasteiger partial charge in [-0.15, -0.1) is 0 Å². The van der Waals surface area contributed by atoms with Crippen molar-refractivity contribution in [3.63, 3.8) is 0 Å². The maximum absolute atomic E-state index is 11.8. The summed E-state index contributed by atoms with van der Waals surface area (Å²) in [6, 6.07) is 9.25. The van der Waals surface area contributed by atoms with Crippen molar-refractivity contribution in [1.29, 1.82) is 0 Å². The number of hydrogen-bond donors (Lipinski definition) is 2. The second-order valence-corrected chi connectivity index (χ2v) is 7.91. The number of aliphatic hydroxyl groups is 1. The molecule has 0 amide bonds. The molecule has 0 saturated carbocycles. The minimum atomic E-state index is -3.13. The Kier molecular flexibility index (Phi) is 3.47. The fourth-order valence-corrected chi connectivity index (χ4v) is 5.27. The van der Waals surface area contributed by atoms with Gasteiger partial charge in [0.1, 0.15) is 0 Å². The molecule has 6 heteroatoms. The lowest BCUT2D eigenvalue weighted by Crippen LogP contribution is -2.38. The summed E-state index contributed by atoms with van der Waals surface area (Å²) in [7, 11) is -3.13. The predicted molar refractivity (Wildman–Crippen MR) is 81.5 cm³/mol. The van der Waals surface area contributed by atoms with Crippen LogP contribution in [0, 0.1) is 5.41 Å². The van der Waals surface area contributed by atoms with E-state index >= 15 is 0 Å². The standard InChI is InChI=1S/C15H18N2O3S/c16-9-15(6-8-21(19,20)10-15)14(18)12-5-7-17-13-4-2-1-3-11(12)13/h1-5,7,14,18H,6,8-10,16H2. The van der Waals surface area contributed by atoms with E-state index in [0.717, 1.165) is 10.9 Å². The summed E-state index contributed by atoms with van der Waals surface area (Å²) in [6.45, 7) is 0.143. The van der Waals surface area contributed by atoms with Gasteiger partial charge in [-0.2, -0.15) is 0 Å². The number of hydrogen-bond acceptors (Lipinski definition) is 5. The first kappa shape index (κ1) is 14.4. The topological polar surface area (TPSA) is 93.3 Å². The van der Waals surface area contributed by atoms with Crippen LogP contribution in [0.5, 0.6) is 0 Å². The van der Waals surface area contributed by atoms with Gasteiger partial charge in [0, 0.05) is 23.5 Å². The van der Waals surface area contributed by atoms with Crippen LogP contribution < -0.4 is 5.73 Å². The highest BCUT2D eigenvalue weighted by molar-refractivity contribution is 7.91. The normalized spacial score (nSPS) is 26.0. The summed E-state index contributed by atoms with van der Waals surface area (Å²) in [5, 5.41) is 11.7. The van der Waals surface area contributed by atoms with Crippen molar-refractivity contribution in [2.45, 2.75) is 12.5 Å². The predicted octanol–water partition coefficient (Wildman–Crippen LogP) is 1.03. The largest absolute Gasteiger partial charge is 0.388 e. The molecule has 2 aromatic rings. The molecule has 112 valence electrons. The average molecular weight is 306 g/mol. The van der Waals surface area contributed by atoms with Gasteiger partial charge in [0.25, 0.3) is 0 Å². The summed E-state index contributed by atoms with van der Waals surface area (Å²) in [6.07, 6.45) is 1.12. The summed E-state index contributed by atoms with van der Waals surface area (Å²) in [5.74, 6) is 0.0264. The highest BCUT2D eigenvalue weighted by atomic mass is 32.2. The first-order valence-electron chi connectivity index (χ1n) is 6.90. The molecule has 2 atom stereocenters. The lowest BCUT2D eigenvalue weighted by Gasteiger charge is -2.32. The molecule has 1 aliphatic heterocycles. The molecule has 1 aromatic heterocycles. The third-order valence-corrected chi connectivity index (χ3v) is 6.22. The third-order valence-electron chi connectivity index (χ3n) is 4.38. The van der Waals surface area contributed by atoms with E-state index in [-0.39, 0.29) is 18.1 Å². The number of sulfone groups is 1. The Labute approximate surface area is 123 Å². The van der Waals surface area contributed by atoms with Gasteiger partial charge in [0.15, 0.2) is 9.84 Å². The van der Waals surface area contributed by atoms with Gasteiger partial charge in [-0.05, 0) is 24.1 Å². The van der Waals surface area contributed by atoms with E-state index in [9.17, 15) is 13.5 Å². The van der Waals surface area contributed by atoms with Crippen LogP contribution in [0.3, 0.4) is 0 Å². The van der Waals surface area contributed by atoms with E-state index in [4.69, 9.17) is 5.73 Å². The number of rotatable bonds is 3. The van der Waals surface area contributed by atoms with Gasteiger partial charge in [-0.25, -0.2) is 8.42 Å². The van der Waals surface area contributed by atoms with Crippen LogP contribution in [-0.4, -0.2) is 36.6 Å². The van der Waals surface area contributed by atoms with E-state index in [0.29, 0.717) is 12.0 Å². The number of aromatic nitrogens is 1. The van der Waals surface area contributed by atoms with Crippen LogP contribution in [0.1, 0.15) is 18.1 Å². The first-order chi connectivity index (χ1) is 9.97. The Bertz CT molecular complexity index is 770. The SMILES string of the molecule is NCC1(C(O)c2ccnc3ccccc23)CCS(=O)(=O)C1. The number of para-hydroxylation sites is 1. The van der Waals surface area contributed by atoms with Gasteiger partial charge in [0.05, 0.1) is 23.1 Å². The molecule has 2 unspecified atom stereocenters. The third kappa shape index (κ3) is 2.43. The quantitative estimate of drug-likeness (QED) is 0.883. The average Bonchev–Trinajstić information content (AvgIpc) is 2.82.